The van der Waals surface area contributed by atoms with Gasteiger partial charge in [-0.05, 0) is 6.42 Å². The van der Waals surface area contributed by atoms with Crippen molar-refractivity contribution < 1.29 is 9.90 Å². The molecule has 2 fully saturated rings. The fourth-order valence-electron chi connectivity index (χ4n) is 2.47. The van der Waals surface area contributed by atoms with E-state index in [9.17, 15) is 9.90 Å². The number of thioether (sulfide) groups is 1. The summed E-state index contributed by atoms with van der Waals surface area (Å²) in [6.45, 7) is 5.67. The largest absolute Gasteiger partial charge is 0.480 e. The highest BCUT2D eigenvalue weighted by Crippen LogP contribution is 2.38. The van der Waals surface area contributed by atoms with Gasteiger partial charge in [0.05, 0.1) is 0 Å². The van der Waals surface area contributed by atoms with E-state index in [4.69, 9.17) is 0 Å². The van der Waals surface area contributed by atoms with Crippen LogP contribution in [0.4, 0.5) is 0 Å². The molecule has 2 unspecified atom stereocenters. The number of nitrogens with one attached hydrogen (secondary N) is 1. The molecular formula is C10H18N2O2S. The molecule has 0 bridgehead atoms. The minimum absolute atomic E-state index is 0.469. The van der Waals surface area contributed by atoms with Gasteiger partial charge in [-0.25, -0.2) is 0 Å². The van der Waals surface area contributed by atoms with Gasteiger partial charge in [-0.3, -0.25) is 9.69 Å². The van der Waals surface area contributed by atoms with Gasteiger partial charge in [-0.2, -0.15) is 11.8 Å². The zero-order chi connectivity index (χ0) is 10.9. The van der Waals surface area contributed by atoms with Gasteiger partial charge in [-0.15, -0.1) is 0 Å². The molecule has 2 rings (SSSR count). The van der Waals surface area contributed by atoms with Gasteiger partial charge < -0.3 is 10.4 Å². The third-order valence-corrected chi connectivity index (χ3v) is 4.73. The second-order valence-corrected chi connectivity index (χ2v) is 5.83. The quantitative estimate of drug-likeness (QED) is 0.712. The Labute approximate surface area is 94.4 Å². The van der Waals surface area contributed by atoms with Crippen LogP contribution in [0.15, 0.2) is 0 Å². The molecule has 0 amide bonds. The molecule has 0 radical (unpaired) electrons. The van der Waals surface area contributed by atoms with Crippen LogP contribution in [0.1, 0.15) is 13.3 Å². The maximum atomic E-state index is 11.5. The summed E-state index contributed by atoms with van der Waals surface area (Å²) in [5, 5.41) is 13.2. The molecule has 2 atom stereocenters. The Morgan fingerprint density at radius 3 is 2.67 bits per heavy atom. The number of piperazine rings is 1. The molecule has 2 N–H and O–H groups in total. The first-order chi connectivity index (χ1) is 7.15. The van der Waals surface area contributed by atoms with Gasteiger partial charge in [0, 0.05) is 37.2 Å². The number of aliphatic carboxylic acids is 1. The van der Waals surface area contributed by atoms with Crippen LogP contribution < -0.4 is 5.32 Å². The van der Waals surface area contributed by atoms with E-state index in [1.54, 1.807) is 11.8 Å². The number of nitrogens with zero attached hydrogens (tertiary/aromatic N) is 1. The summed E-state index contributed by atoms with van der Waals surface area (Å²) in [6, 6.07) is 0. The summed E-state index contributed by atoms with van der Waals surface area (Å²) in [7, 11) is 0. The number of carboxylic acid groups (broad SMARTS) is 1. The third kappa shape index (κ3) is 2.00. The molecule has 2 heterocycles. The fourth-order valence-corrected chi connectivity index (χ4v) is 3.85. The molecule has 0 aliphatic carbocycles. The van der Waals surface area contributed by atoms with Gasteiger partial charge in [0.1, 0.15) is 5.54 Å². The van der Waals surface area contributed by atoms with E-state index in [-0.39, 0.29) is 0 Å². The standard InChI is InChI=1S/C10H18N2O2S/c1-8-6-10(7-15-8,9(13)14)12-4-2-11-3-5-12/h8,11H,2-7H2,1H3,(H,13,14). The molecule has 0 spiro atoms. The summed E-state index contributed by atoms with van der Waals surface area (Å²) < 4.78 is 0. The SMILES string of the molecule is CC1CC(C(=O)O)(N2CCNCC2)CS1. The average Bonchev–Trinajstić information content (AvgIpc) is 2.63. The second kappa shape index (κ2) is 4.31. The van der Waals surface area contributed by atoms with E-state index < -0.39 is 11.5 Å². The Morgan fingerprint density at radius 1 is 1.53 bits per heavy atom. The second-order valence-electron chi connectivity index (χ2n) is 4.40. The van der Waals surface area contributed by atoms with Crippen molar-refractivity contribution in [3.63, 3.8) is 0 Å². The first-order valence-corrected chi connectivity index (χ1v) is 6.51. The Hall–Kier alpha value is -0.260. The Kier molecular flexibility index (Phi) is 3.23. The highest BCUT2D eigenvalue weighted by molar-refractivity contribution is 8.00. The number of hydrogen-bond donors (Lipinski definition) is 2. The smallest absolute Gasteiger partial charge is 0.325 e. The summed E-state index contributed by atoms with van der Waals surface area (Å²) in [5.74, 6) is 0.102. The lowest BCUT2D eigenvalue weighted by atomic mass is 9.93. The molecule has 86 valence electrons. The summed E-state index contributed by atoms with van der Waals surface area (Å²) in [4.78, 5) is 13.6. The third-order valence-electron chi connectivity index (χ3n) is 3.35. The molecule has 5 heteroatoms. The van der Waals surface area contributed by atoms with Crippen molar-refractivity contribution in [2.75, 3.05) is 31.9 Å². The predicted octanol–water partition coefficient (Wildman–Crippen LogP) is 0.240. The maximum Gasteiger partial charge on any atom is 0.325 e. The molecule has 2 aliphatic heterocycles. The van der Waals surface area contributed by atoms with E-state index in [1.807, 2.05) is 0 Å². The van der Waals surface area contributed by atoms with Crippen LogP contribution in [0.2, 0.25) is 0 Å². The molecule has 15 heavy (non-hydrogen) atoms. The minimum Gasteiger partial charge on any atom is -0.480 e. The van der Waals surface area contributed by atoms with Gasteiger partial charge in [0.15, 0.2) is 0 Å². The molecule has 0 saturated carbocycles. The fraction of sp³-hybridized carbons (Fsp3) is 0.900. The molecule has 0 aromatic heterocycles. The van der Waals surface area contributed by atoms with Crippen LogP contribution in [0.5, 0.6) is 0 Å². The lowest BCUT2D eigenvalue weighted by Gasteiger charge is -2.40. The van der Waals surface area contributed by atoms with Crippen molar-refractivity contribution in [2.45, 2.75) is 24.1 Å². The minimum atomic E-state index is -0.638. The van der Waals surface area contributed by atoms with Gasteiger partial charge in [0.25, 0.3) is 0 Å². The van der Waals surface area contributed by atoms with Crippen LogP contribution in [0.3, 0.4) is 0 Å². The highest BCUT2D eigenvalue weighted by Gasteiger charge is 2.49. The van der Waals surface area contributed by atoms with E-state index in [2.05, 4.69) is 17.1 Å². The molecule has 4 nitrogen and oxygen atoms in total. The average molecular weight is 230 g/mol. The summed E-state index contributed by atoms with van der Waals surface area (Å²) in [5.41, 5.74) is -0.591. The molecule has 0 aromatic carbocycles. The normalized spacial score (nSPS) is 38.1. The van der Waals surface area contributed by atoms with Crippen molar-refractivity contribution >= 4 is 17.7 Å². The number of hydrogen-bond acceptors (Lipinski definition) is 4. The van der Waals surface area contributed by atoms with Crippen LogP contribution in [-0.2, 0) is 4.79 Å². The first kappa shape index (κ1) is 11.2. The zero-order valence-corrected chi connectivity index (χ0v) is 9.85. The lowest BCUT2D eigenvalue weighted by molar-refractivity contribution is -0.150. The molecular weight excluding hydrogens is 212 g/mol. The highest BCUT2D eigenvalue weighted by atomic mass is 32.2. The Balaban J connectivity index is 2.14. The first-order valence-electron chi connectivity index (χ1n) is 5.46. The topological polar surface area (TPSA) is 52.6 Å². The van der Waals surface area contributed by atoms with Gasteiger partial charge >= 0.3 is 5.97 Å². The monoisotopic (exact) mass is 230 g/mol. The van der Waals surface area contributed by atoms with E-state index >= 15 is 0 Å². The molecule has 2 aliphatic rings. The van der Waals surface area contributed by atoms with Crippen molar-refractivity contribution in [1.29, 1.82) is 0 Å². The molecule has 0 aromatic rings. The summed E-state index contributed by atoms with van der Waals surface area (Å²) in [6.07, 6.45) is 0.785. The van der Waals surface area contributed by atoms with Crippen LogP contribution in [-0.4, -0.2) is 58.7 Å². The number of carbonyl (C=O) groups is 1. The summed E-state index contributed by atoms with van der Waals surface area (Å²) >= 11 is 1.78. The van der Waals surface area contributed by atoms with E-state index in [1.165, 1.54) is 0 Å². The van der Waals surface area contributed by atoms with Crippen molar-refractivity contribution in [1.82, 2.24) is 10.2 Å². The Morgan fingerprint density at radius 2 is 2.20 bits per heavy atom. The van der Waals surface area contributed by atoms with Crippen molar-refractivity contribution in [3.05, 3.63) is 0 Å². The van der Waals surface area contributed by atoms with Crippen LogP contribution in [0.25, 0.3) is 0 Å². The van der Waals surface area contributed by atoms with Crippen molar-refractivity contribution in [3.8, 4) is 0 Å². The van der Waals surface area contributed by atoms with Gasteiger partial charge in [0.2, 0.25) is 0 Å². The van der Waals surface area contributed by atoms with Crippen molar-refractivity contribution in [2.24, 2.45) is 0 Å². The van der Waals surface area contributed by atoms with Crippen LogP contribution in [0, 0.1) is 0 Å². The van der Waals surface area contributed by atoms with Gasteiger partial charge in [-0.1, -0.05) is 6.92 Å². The maximum absolute atomic E-state index is 11.5. The zero-order valence-electron chi connectivity index (χ0n) is 9.03. The van der Waals surface area contributed by atoms with E-state index in [0.29, 0.717) is 5.25 Å². The molecule has 2 saturated heterocycles. The Bertz CT molecular complexity index is 256. The number of carboxylic acids is 1. The van der Waals surface area contributed by atoms with Crippen LogP contribution >= 0.6 is 11.8 Å². The lowest BCUT2D eigenvalue weighted by Crippen LogP contribution is -2.60. The number of rotatable bonds is 2. The predicted molar refractivity (Wildman–Crippen MR) is 61.3 cm³/mol. The van der Waals surface area contributed by atoms with E-state index in [0.717, 1.165) is 38.4 Å².